The van der Waals surface area contributed by atoms with Crippen molar-refractivity contribution < 1.29 is 9.53 Å². The monoisotopic (exact) mass is 172 g/mol. The summed E-state index contributed by atoms with van der Waals surface area (Å²) >= 11 is 0. The Labute approximate surface area is 72.9 Å². The molecule has 0 aromatic carbocycles. The van der Waals surface area contributed by atoms with E-state index in [0.717, 1.165) is 0 Å². The lowest BCUT2D eigenvalue weighted by atomic mass is 10.4. The highest BCUT2D eigenvalue weighted by atomic mass is 16.5. The van der Waals surface area contributed by atoms with Gasteiger partial charge in [0, 0.05) is 13.2 Å². The molecule has 1 fully saturated rings. The van der Waals surface area contributed by atoms with Gasteiger partial charge >= 0.3 is 0 Å². The second-order valence-electron chi connectivity index (χ2n) is 2.84. The lowest BCUT2D eigenvalue weighted by molar-refractivity contribution is -0.128. The number of carbonyl (C=O) groups excluding carboxylic acids is 1. The Balaban J connectivity index is 2.25. The van der Waals surface area contributed by atoms with Gasteiger partial charge in [-0.1, -0.05) is 0 Å². The molecular formula is C8H16N2O2. The first kappa shape index (κ1) is 9.48. The van der Waals surface area contributed by atoms with Crippen LogP contribution in [0.4, 0.5) is 0 Å². The van der Waals surface area contributed by atoms with Crippen molar-refractivity contribution in [3.8, 4) is 0 Å². The highest BCUT2D eigenvalue weighted by Crippen LogP contribution is 2.02. The third-order valence-electron chi connectivity index (χ3n) is 2.02. The number of hydrogen-bond acceptors (Lipinski definition) is 3. The first-order valence-corrected chi connectivity index (χ1v) is 4.36. The topological polar surface area (TPSA) is 41.6 Å². The van der Waals surface area contributed by atoms with E-state index >= 15 is 0 Å². The molecule has 4 nitrogen and oxygen atoms in total. The molecule has 70 valence electrons. The second-order valence-corrected chi connectivity index (χ2v) is 2.84. The van der Waals surface area contributed by atoms with Gasteiger partial charge in [-0.25, -0.2) is 0 Å². The number of nitrogens with one attached hydrogen (secondary N) is 1. The van der Waals surface area contributed by atoms with Crippen LogP contribution in [0.25, 0.3) is 0 Å². The molecule has 1 aliphatic rings. The standard InChI is InChI=1S/C8H16N2O2/c1-3-12-5-4-10-7(2)9-6-8(10)11/h7,9H,3-6H2,1-2H3. The van der Waals surface area contributed by atoms with Crippen molar-refractivity contribution >= 4 is 5.91 Å². The van der Waals surface area contributed by atoms with Gasteiger partial charge in [0.15, 0.2) is 0 Å². The first-order valence-electron chi connectivity index (χ1n) is 4.36. The van der Waals surface area contributed by atoms with Gasteiger partial charge in [0.05, 0.1) is 19.3 Å². The summed E-state index contributed by atoms with van der Waals surface area (Å²) in [6.07, 6.45) is 0.165. The molecule has 0 spiro atoms. The van der Waals surface area contributed by atoms with Crippen LogP contribution in [0.15, 0.2) is 0 Å². The third kappa shape index (κ3) is 2.19. The van der Waals surface area contributed by atoms with Gasteiger partial charge in [-0.05, 0) is 13.8 Å². The van der Waals surface area contributed by atoms with E-state index in [-0.39, 0.29) is 12.1 Å². The molecule has 1 aliphatic heterocycles. The largest absolute Gasteiger partial charge is 0.380 e. The van der Waals surface area contributed by atoms with Gasteiger partial charge in [-0.15, -0.1) is 0 Å². The molecule has 1 atom stereocenters. The fourth-order valence-corrected chi connectivity index (χ4v) is 1.29. The van der Waals surface area contributed by atoms with E-state index in [2.05, 4.69) is 5.32 Å². The Kier molecular flexibility index (Phi) is 3.49. The summed E-state index contributed by atoms with van der Waals surface area (Å²) in [5, 5.41) is 3.07. The molecule has 1 N–H and O–H groups in total. The fourth-order valence-electron chi connectivity index (χ4n) is 1.29. The van der Waals surface area contributed by atoms with E-state index in [4.69, 9.17) is 4.74 Å². The highest BCUT2D eigenvalue weighted by molar-refractivity contribution is 5.80. The van der Waals surface area contributed by atoms with Crippen molar-refractivity contribution in [2.75, 3.05) is 26.3 Å². The molecule has 1 unspecified atom stereocenters. The molecule has 12 heavy (non-hydrogen) atoms. The van der Waals surface area contributed by atoms with Gasteiger partial charge in [-0.2, -0.15) is 0 Å². The quantitative estimate of drug-likeness (QED) is 0.597. The van der Waals surface area contributed by atoms with Crippen LogP contribution >= 0.6 is 0 Å². The van der Waals surface area contributed by atoms with E-state index in [1.165, 1.54) is 0 Å². The lowest BCUT2D eigenvalue weighted by Gasteiger charge is -2.20. The van der Waals surface area contributed by atoms with Crippen molar-refractivity contribution in [2.24, 2.45) is 0 Å². The number of rotatable bonds is 4. The van der Waals surface area contributed by atoms with E-state index in [9.17, 15) is 4.79 Å². The van der Waals surface area contributed by atoms with E-state index in [1.807, 2.05) is 13.8 Å². The maximum atomic E-state index is 11.2. The van der Waals surface area contributed by atoms with Gasteiger partial charge in [0.1, 0.15) is 0 Å². The van der Waals surface area contributed by atoms with Crippen molar-refractivity contribution in [1.82, 2.24) is 10.2 Å². The maximum Gasteiger partial charge on any atom is 0.237 e. The SMILES string of the molecule is CCOCCN1C(=O)CNC1C. The van der Waals surface area contributed by atoms with Crippen molar-refractivity contribution in [3.05, 3.63) is 0 Å². The molecule has 1 rings (SSSR count). The Morgan fingerprint density at radius 1 is 1.75 bits per heavy atom. The van der Waals surface area contributed by atoms with Crippen molar-refractivity contribution in [2.45, 2.75) is 20.0 Å². The Morgan fingerprint density at radius 3 is 3.00 bits per heavy atom. The van der Waals surface area contributed by atoms with Crippen LogP contribution in [-0.2, 0) is 9.53 Å². The minimum absolute atomic E-state index is 0.165. The van der Waals surface area contributed by atoms with Crippen LogP contribution in [0.2, 0.25) is 0 Å². The molecule has 1 saturated heterocycles. The maximum absolute atomic E-state index is 11.2. The first-order chi connectivity index (χ1) is 5.75. The van der Waals surface area contributed by atoms with Gasteiger partial charge in [0.25, 0.3) is 0 Å². The average molecular weight is 172 g/mol. The minimum atomic E-state index is 0.165. The lowest BCUT2D eigenvalue weighted by Crippen LogP contribution is -2.37. The number of nitrogens with zero attached hydrogens (tertiary/aromatic N) is 1. The van der Waals surface area contributed by atoms with Crippen LogP contribution in [0.1, 0.15) is 13.8 Å². The van der Waals surface area contributed by atoms with Crippen LogP contribution in [0, 0.1) is 0 Å². The Morgan fingerprint density at radius 2 is 2.50 bits per heavy atom. The summed E-state index contributed by atoms with van der Waals surface area (Å²) in [6.45, 7) is 6.44. The van der Waals surface area contributed by atoms with Crippen molar-refractivity contribution in [1.29, 1.82) is 0 Å². The van der Waals surface area contributed by atoms with E-state index in [0.29, 0.717) is 26.3 Å². The highest BCUT2D eigenvalue weighted by Gasteiger charge is 2.25. The predicted octanol–water partition coefficient (Wildman–Crippen LogP) is -0.199. The summed E-state index contributed by atoms with van der Waals surface area (Å²) < 4.78 is 5.17. The van der Waals surface area contributed by atoms with Crippen LogP contribution in [0.5, 0.6) is 0 Å². The normalized spacial score (nSPS) is 23.7. The van der Waals surface area contributed by atoms with Crippen LogP contribution in [0.3, 0.4) is 0 Å². The minimum Gasteiger partial charge on any atom is -0.380 e. The van der Waals surface area contributed by atoms with Crippen LogP contribution in [-0.4, -0.2) is 43.3 Å². The van der Waals surface area contributed by atoms with Crippen LogP contribution < -0.4 is 5.32 Å². The predicted molar refractivity (Wildman–Crippen MR) is 45.7 cm³/mol. The number of carbonyl (C=O) groups is 1. The summed E-state index contributed by atoms with van der Waals surface area (Å²) in [4.78, 5) is 13.0. The second kappa shape index (κ2) is 4.42. The molecule has 4 heteroatoms. The Hall–Kier alpha value is -0.610. The third-order valence-corrected chi connectivity index (χ3v) is 2.02. The summed E-state index contributed by atoms with van der Waals surface area (Å²) in [5.74, 6) is 0.169. The molecule has 1 amide bonds. The molecule has 0 aromatic rings. The molecule has 0 aromatic heterocycles. The van der Waals surface area contributed by atoms with E-state index < -0.39 is 0 Å². The smallest absolute Gasteiger partial charge is 0.237 e. The Bertz CT molecular complexity index is 161. The van der Waals surface area contributed by atoms with Gasteiger partial charge in [0.2, 0.25) is 5.91 Å². The summed E-state index contributed by atoms with van der Waals surface area (Å²) in [7, 11) is 0. The molecule has 0 saturated carbocycles. The van der Waals surface area contributed by atoms with Crippen molar-refractivity contribution in [3.63, 3.8) is 0 Å². The molecule has 0 bridgehead atoms. The van der Waals surface area contributed by atoms with Gasteiger partial charge < -0.3 is 9.64 Å². The fraction of sp³-hybridized carbons (Fsp3) is 0.875. The number of amides is 1. The summed E-state index contributed by atoms with van der Waals surface area (Å²) in [6, 6.07) is 0. The zero-order valence-electron chi connectivity index (χ0n) is 7.67. The molecular weight excluding hydrogens is 156 g/mol. The van der Waals surface area contributed by atoms with E-state index in [1.54, 1.807) is 4.90 Å². The summed E-state index contributed by atoms with van der Waals surface area (Å²) in [5.41, 5.74) is 0. The zero-order chi connectivity index (χ0) is 8.97. The molecule has 0 radical (unpaired) electrons. The average Bonchev–Trinajstić information content (AvgIpc) is 2.35. The molecule has 1 heterocycles. The zero-order valence-corrected chi connectivity index (χ0v) is 7.67. The number of hydrogen-bond donors (Lipinski definition) is 1. The molecule has 0 aliphatic carbocycles. The van der Waals surface area contributed by atoms with Gasteiger partial charge in [-0.3, -0.25) is 10.1 Å². The number of ether oxygens (including phenoxy) is 1.